The van der Waals surface area contributed by atoms with Crippen molar-refractivity contribution >= 4 is 11.8 Å². The van der Waals surface area contributed by atoms with Crippen molar-refractivity contribution < 1.29 is 0 Å². The van der Waals surface area contributed by atoms with Crippen LogP contribution in [0.1, 0.15) is 31.4 Å². The van der Waals surface area contributed by atoms with Crippen molar-refractivity contribution in [3.05, 3.63) is 30.1 Å². The Morgan fingerprint density at radius 2 is 2.29 bits per heavy atom. The van der Waals surface area contributed by atoms with Gasteiger partial charge in [0.1, 0.15) is 0 Å². The van der Waals surface area contributed by atoms with E-state index in [0.717, 1.165) is 0 Å². The molecule has 1 saturated carbocycles. The Hall–Kier alpha value is -0.500. The van der Waals surface area contributed by atoms with Gasteiger partial charge in [-0.3, -0.25) is 4.98 Å². The quantitative estimate of drug-likeness (QED) is 0.751. The van der Waals surface area contributed by atoms with Crippen molar-refractivity contribution in [2.24, 2.45) is 0 Å². The van der Waals surface area contributed by atoms with E-state index in [-0.39, 0.29) is 0 Å². The van der Waals surface area contributed by atoms with Crippen molar-refractivity contribution in [2.75, 3.05) is 12.0 Å². The monoisotopic (exact) mass is 207 g/mol. The zero-order valence-corrected chi connectivity index (χ0v) is 9.52. The van der Waals surface area contributed by atoms with E-state index in [1.807, 2.05) is 24.0 Å². The minimum atomic E-state index is 0.435. The largest absolute Gasteiger partial charge is 0.261 e. The number of hydrogen-bond donors (Lipinski definition) is 0. The highest BCUT2D eigenvalue weighted by atomic mass is 32.2. The molecule has 1 nitrogen and oxygen atoms in total. The molecule has 1 fully saturated rings. The molecule has 2 heteroatoms. The van der Waals surface area contributed by atoms with Crippen LogP contribution in [0.4, 0.5) is 0 Å². The molecule has 0 saturated heterocycles. The molecule has 1 aromatic heterocycles. The summed E-state index contributed by atoms with van der Waals surface area (Å²) in [5.41, 5.74) is 1.75. The maximum atomic E-state index is 4.52. The lowest BCUT2D eigenvalue weighted by Crippen LogP contribution is -2.35. The zero-order valence-electron chi connectivity index (χ0n) is 8.70. The first-order valence-electron chi connectivity index (χ1n) is 5.28. The number of aromatic nitrogens is 1. The molecule has 0 aliphatic heterocycles. The summed E-state index contributed by atoms with van der Waals surface area (Å²) in [6.45, 7) is 0. The van der Waals surface area contributed by atoms with E-state index in [1.54, 1.807) is 0 Å². The van der Waals surface area contributed by atoms with Gasteiger partial charge < -0.3 is 0 Å². The highest BCUT2D eigenvalue weighted by Crippen LogP contribution is 2.45. The molecule has 76 valence electrons. The van der Waals surface area contributed by atoms with E-state index in [2.05, 4.69) is 23.4 Å². The first-order chi connectivity index (χ1) is 6.87. The Morgan fingerprint density at radius 3 is 2.79 bits per heavy atom. The molecule has 1 aliphatic carbocycles. The van der Waals surface area contributed by atoms with Crippen LogP contribution in [0.25, 0.3) is 0 Å². The number of hydrogen-bond acceptors (Lipinski definition) is 2. The van der Waals surface area contributed by atoms with Gasteiger partial charge in [0.15, 0.2) is 0 Å². The van der Waals surface area contributed by atoms with Crippen LogP contribution in [0, 0.1) is 0 Å². The third-order valence-electron chi connectivity index (χ3n) is 3.30. The van der Waals surface area contributed by atoms with Gasteiger partial charge in [-0.25, -0.2) is 0 Å². The third kappa shape index (κ3) is 1.81. The molecule has 1 aliphatic rings. The molecule has 0 bridgehead atoms. The normalized spacial score (nSPS) is 18.9. The van der Waals surface area contributed by atoms with E-state index in [1.165, 1.54) is 37.1 Å². The molecular weight excluding hydrogens is 190 g/mol. The number of rotatable bonds is 4. The summed E-state index contributed by atoms with van der Waals surface area (Å²) in [5, 5.41) is 0. The molecular formula is C12H17NS. The van der Waals surface area contributed by atoms with E-state index in [0.29, 0.717) is 5.41 Å². The van der Waals surface area contributed by atoms with Gasteiger partial charge in [-0.1, -0.05) is 12.5 Å². The third-order valence-corrected chi connectivity index (χ3v) is 3.92. The van der Waals surface area contributed by atoms with Crippen molar-refractivity contribution in [3.8, 4) is 0 Å². The lowest BCUT2D eigenvalue weighted by Gasteiger charge is -2.41. The molecule has 0 aromatic carbocycles. The Balaban J connectivity index is 2.12. The zero-order chi connectivity index (χ0) is 9.86. The van der Waals surface area contributed by atoms with Crippen molar-refractivity contribution in [1.82, 2.24) is 4.98 Å². The van der Waals surface area contributed by atoms with Gasteiger partial charge in [0.25, 0.3) is 0 Å². The average molecular weight is 207 g/mol. The Labute approximate surface area is 90.3 Å². The Morgan fingerprint density at radius 1 is 1.43 bits per heavy atom. The molecule has 0 unspecified atom stereocenters. The van der Waals surface area contributed by atoms with Gasteiger partial charge in [0.05, 0.1) is 0 Å². The molecule has 14 heavy (non-hydrogen) atoms. The molecule has 1 heterocycles. The number of pyridine rings is 1. The van der Waals surface area contributed by atoms with Gasteiger partial charge in [-0.05, 0) is 43.4 Å². The van der Waals surface area contributed by atoms with Gasteiger partial charge >= 0.3 is 0 Å². The molecule has 0 atom stereocenters. The van der Waals surface area contributed by atoms with Gasteiger partial charge in [-0.15, -0.1) is 0 Å². The highest BCUT2D eigenvalue weighted by Gasteiger charge is 2.38. The molecule has 1 aromatic rings. The summed E-state index contributed by atoms with van der Waals surface area (Å²) in [6.07, 6.45) is 9.46. The van der Waals surface area contributed by atoms with Gasteiger partial charge in [-0.2, -0.15) is 11.8 Å². The van der Waals surface area contributed by atoms with Crippen LogP contribution in [0.5, 0.6) is 0 Å². The summed E-state index contributed by atoms with van der Waals surface area (Å²) in [4.78, 5) is 4.52. The molecule has 0 amide bonds. The minimum absolute atomic E-state index is 0.435. The van der Waals surface area contributed by atoms with Crippen LogP contribution in [-0.4, -0.2) is 17.0 Å². The second kappa shape index (κ2) is 4.35. The molecule has 2 rings (SSSR count). The predicted octanol–water partition coefficient (Wildman–Crippen LogP) is 3.26. The SMILES string of the molecule is CSCCC1(c2ccccn2)CCC1. The number of thioether (sulfide) groups is 1. The smallest absolute Gasteiger partial charge is 0.0465 e. The van der Waals surface area contributed by atoms with Crippen molar-refractivity contribution in [3.63, 3.8) is 0 Å². The van der Waals surface area contributed by atoms with Crippen LogP contribution in [-0.2, 0) is 5.41 Å². The summed E-state index contributed by atoms with van der Waals surface area (Å²) < 4.78 is 0. The summed E-state index contributed by atoms with van der Waals surface area (Å²) in [5.74, 6) is 1.26. The van der Waals surface area contributed by atoms with Crippen LogP contribution in [0.3, 0.4) is 0 Å². The average Bonchev–Trinajstić information content (AvgIpc) is 2.18. The minimum Gasteiger partial charge on any atom is -0.261 e. The standard InChI is InChI=1S/C12H17NS/c1-14-10-8-12(6-4-7-12)11-5-2-3-9-13-11/h2-3,5,9H,4,6-8,10H2,1H3. The molecule has 0 N–H and O–H groups in total. The van der Waals surface area contributed by atoms with Crippen molar-refractivity contribution in [1.29, 1.82) is 0 Å². The fourth-order valence-electron chi connectivity index (χ4n) is 2.21. The van der Waals surface area contributed by atoms with Crippen LogP contribution < -0.4 is 0 Å². The molecule has 0 spiro atoms. The maximum absolute atomic E-state index is 4.52. The molecule has 0 radical (unpaired) electrons. The van der Waals surface area contributed by atoms with Gasteiger partial charge in [0, 0.05) is 17.3 Å². The first kappa shape index (κ1) is 10.0. The fraction of sp³-hybridized carbons (Fsp3) is 0.583. The lowest BCUT2D eigenvalue weighted by molar-refractivity contribution is 0.230. The van der Waals surface area contributed by atoms with Crippen LogP contribution in [0.2, 0.25) is 0 Å². The van der Waals surface area contributed by atoms with Crippen LogP contribution >= 0.6 is 11.8 Å². The lowest BCUT2D eigenvalue weighted by atomic mass is 9.65. The summed E-state index contributed by atoms with van der Waals surface area (Å²) in [7, 11) is 0. The summed E-state index contributed by atoms with van der Waals surface area (Å²) >= 11 is 1.94. The first-order valence-corrected chi connectivity index (χ1v) is 6.67. The second-order valence-electron chi connectivity index (χ2n) is 4.09. The predicted molar refractivity (Wildman–Crippen MR) is 62.8 cm³/mol. The van der Waals surface area contributed by atoms with E-state index in [9.17, 15) is 0 Å². The maximum Gasteiger partial charge on any atom is 0.0465 e. The topological polar surface area (TPSA) is 12.9 Å². The fourth-order valence-corrected chi connectivity index (χ4v) is 2.81. The second-order valence-corrected chi connectivity index (χ2v) is 5.08. The summed E-state index contributed by atoms with van der Waals surface area (Å²) in [6, 6.07) is 6.31. The highest BCUT2D eigenvalue weighted by molar-refractivity contribution is 7.98. The number of nitrogens with zero attached hydrogens (tertiary/aromatic N) is 1. The van der Waals surface area contributed by atoms with Crippen LogP contribution in [0.15, 0.2) is 24.4 Å². The van der Waals surface area contributed by atoms with Gasteiger partial charge in [0.2, 0.25) is 0 Å². The Kier molecular flexibility index (Phi) is 3.12. The Bertz CT molecular complexity index is 280. The van der Waals surface area contributed by atoms with E-state index < -0.39 is 0 Å². The van der Waals surface area contributed by atoms with E-state index >= 15 is 0 Å². The van der Waals surface area contributed by atoms with E-state index in [4.69, 9.17) is 0 Å². The van der Waals surface area contributed by atoms with Crippen molar-refractivity contribution in [2.45, 2.75) is 31.1 Å².